The zero-order chi connectivity index (χ0) is 13.6. The van der Waals surface area contributed by atoms with E-state index >= 15 is 0 Å². The number of carbonyl (C=O) groups is 2. The van der Waals surface area contributed by atoms with E-state index in [-0.39, 0.29) is 11.8 Å². The van der Waals surface area contributed by atoms with Gasteiger partial charge < -0.3 is 0 Å². The van der Waals surface area contributed by atoms with Crippen molar-refractivity contribution >= 4 is 29.1 Å². The van der Waals surface area contributed by atoms with Crippen LogP contribution in [0.3, 0.4) is 0 Å². The molecular weight excluding hydrogens is 262 g/mol. The van der Waals surface area contributed by atoms with Gasteiger partial charge in [-0.15, -0.1) is 0 Å². The summed E-state index contributed by atoms with van der Waals surface area (Å²) in [5.41, 5.74) is 2.11. The molecule has 0 aliphatic carbocycles. The number of imide groups is 1. The molecule has 0 fully saturated rings. The maximum atomic E-state index is 12.3. The standard InChI is InChI=1S/C15H10ClNO2/c1-9-5-4-8-12(13(9)16)17-14(18)10-6-2-3-7-11(10)15(17)19/h2-8H,1H3. The summed E-state index contributed by atoms with van der Waals surface area (Å²) < 4.78 is 0. The molecule has 2 aromatic rings. The molecular formula is C15H10ClNO2. The van der Waals surface area contributed by atoms with Crippen LogP contribution in [-0.2, 0) is 0 Å². The van der Waals surface area contributed by atoms with Crippen LogP contribution in [0.2, 0.25) is 5.02 Å². The highest BCUT2D eigenvalue weighted by atomic mass is 35.5. The monoisotopic (exact) mass is 271 g/mol. The molecule has 0 saturated heterocycles. The van der Waals surface area contributed by atoms with E-state index in [9.17, 15) is 9.59 Å². The van der Waals surface area contributed by atoms with Gasteiger partial charge in [-0.2, -0.15) is 0 Å². The average Bonchev–Trinajstić information content (AvgIpc) is 2.67. The molecule has 3 rings (SSSR count). The molecule has 0 unspecified atom stereocenters. The summed E-state index contributed by atoms with van der Waals surface area (Å²) in [5.74, 6) is -0.652. The summed E-state index contributed by atoms with van der Waals surface area (Å²) in [5, 5.41) is 0.428. The fourth-order valence-electron chi connectivity index (χ4n) is 2.21. The maximum Gasteiger partial charge on any atom is 0.266 e. The van der Waals surface area contributed by atoms with Crippen LogP contribution in [0.4, 0.5) is 5.69 Å². The van der Waals surface area contributed by atoms with Crippen molar-refractivity contribution in [1.82, 2.24) is 0 Å². The third-order valence-electron chi connectivity index (χ3n) is 3.21. The van der Waals surface area contributed by atoms with Crippen LogP contribution in [0.1, 0.15) is 26.3 Å². The Morgan fingerprint density at radius 3 is 2.05 bits per heavy atom. The van der Waals surface area contributed by atoms with E-state index in [4.69, 9.17) is 11.6 Å². The van der Waals surface area contributed by atoms with Gasteiger partial charge in [0.1, 0.15) is 0 Å². The summed E-state index contributed by atoms with van der Waals surface area (Å²) in [6.45, 7) is 1.84. The van der Waals surface area contributed by atoms with Crippen LogP contribution in [0.25, 0.3) is 0 Å². The molecule has 2 aromatic carbocycles. The first-order chi connectivity index (χ1) is 9.11. The molecule has 0 spiro atoms. The smallest absolute Gasteiger partial charge is 0.266 e. The van der Waals surface area contributed by atoms with Gasteiger partial charge in [0, 0.05) is 0 Å². The van der Waals surface area contributed by atoms with Crippen molar-refractivity contribution in [2.45, 2.75) is 6.92 Å². The molecule has 0 bridgehead atoms. The first-order valence-electron chi connectivity index (χ1n) is 5.84. The first-order valence-corrected chi connectivity index (χ1v) is 6.22. The Bertz CT molecular complexity index is 674. The van der Waals surface area contributed by atoms with E-state index in [1.165, 1.54) is 0 Å². The van der Waals surface area contributed by atoms with Gasteiger partial charge >= 0.3 is 0 Å². The number of anilines is 1. The predicted molar refractivity (Wildman–Crippen MR) is 73.8 cm³/mol. The first kappa shape index (κ1) is 11.9. The van der Waals surface area contributed by atoms with Gasteiger partial charge in [-0.05, 0) is 30.7 Å². The Kier molecular flexibility index (Phi) is 2.64. The fraction of sp³-hybridized carbons (Fsp3) is 0.0667. The number of fused-ring (bicyclic) bond motifs is 1. The number of aryl methyl sites for hydroxylation is 1. The number of rotatable bonds is 1. The second kappa shape index (κ2) is 4.21. The predicted octanol–water partition coefficient (Wildman–Crippen LogP) is 3.45. The van der Waals surface area contributed by atoms with Crippen molar-refractivity contribution in [2.75, 3.05) is 4.90 Å². The number of hydrogen-bond acceptors (Lipinski definition) is 2. The van der Waals surface area contributed by atoms with Crippen LogP contribution in [0.5, 0.6) is 0 Å². The third kappa shape index (κ3) is 1.66. The highest BCUT2D eigenvalue weighted by Gasteiger charge is 2.37. The van der Waals surface area contributed by atoms with Gasteiger partial charge in [-0.1, -0.05) is 35.9 Å². The minimum Gasteiger partial charge on any atom is -0.268 e. The molecule has 1 aliphatic rings. The topological polar surface area (TPSA) is 37.4 Å². The molecule has 0 atom stereocenters. The van der Waals surface area contributed by atoms with Crippen LogP contribution >= 0.6 is 11.6 Å². The van der Waals surface area contributed by atoms with Gasteiger partial charge in [0.05, 0.1) is 21.8 Å². The summed E-state index contributed by atoms with van der Waals surface area (Å²) in [4.78, 5) is 25.8. The Morgan fingerprint density at radius 1 is 0.895 bits per heavy atom. The second-order valence-corrected chi connectivity index (χ2v) is 4.78. The third-order valence-corrected chi connectivity index (χ3v) is 3.70. The van der Waals surface area contributed by atoms with E-state index in [1.807, 2.05) is 13.0 Å². The quantitative estimate of drug-likeness (QED) is 0.745. The number of nitrogens with zero attached hydrogens (tertiary/aromatic N) is 1. The molecule has 1 heterocycles. The number of hydrogen-bond donors (Lipinski definition) is 0. The van der Waals surface area contributed by atoms with E-state index in [2.05, 4.69) is 0 Å². The van der Waals surface area contributed by atoms with Crippen molar-refractivity contribution in [3.63, 3.8) is 0 Å². The lowest BCUT2D eigenvalue weighted by molar-refractivity contribution is 0.0926. The Hall–Kier alpha value is -2.13. The summed E-state index contributed by atoms with van der Waals surface area (Å²) in [7, 11) is 0. The minimum atomic E-state index is -0.326. The molecule has 94 valence electrons. The molecule has 0 aromatic heterocycles. The normalized spacial score (nSPS) is 13.9. The van der Waals surface area contributed by atoms with E-state index in [0.717, 1.165) is 10.5 Å². The van der Waals surface area contributed by atoms with E-state index in [0.29, 0.717) is 21.8 Å². The van der Waals surface area contributed by atoms with Crippen molar-refractivity contribution in [2.24, 2.45) is 0 Å². The number of amides is 2. The lowest BCUT2D eigenvalue weighted by Gasteiger charge is -2.16. The van der Waals surface area contributed by atoms with Gasteiger partial charge in [-0.3, -0.25) is 9.59 Å². The molecule has 0 radical (unpaired) electrons. The average molecular weight is 272 g/mol. The molecule has 1 aliphatic heterocycles. The SMILES string of the molecule is Cc1cccc(N2C(=O)c3ccccc3C2=O)c1Cl. The van der Waals surface area contributed by atoms with E-state index < -0.39 is 0 Å². The summed E-state index contributed by atoms with van der Waals surface area (Å²) in [6.07, 6.45) is 0. The van der Waals surface area contributed by atoms with Crippen molar-refractivity contribution in [1.29, 1.82) is 0 Å². The Balaban J connectivity index is 2.17. The lowest BCUT2D eigenvalue weighted by atomic mass is 10.1. The van der Waals surface area contributed by atoms with Gasteiger partial charge in [0.25, 0.3) is 11.8 Å². The van der Waals surface area contributed by atoms with Gasteiger partial charge in [-0.25, -0.2) is 4.90 Å². The largest absolute Gasteiger partial charge is 0.268 e. The number of halogens is 1. The van der Waals surface area contributed by atoms with E-state index in [1.54, 1.807) is 36.4 Å². The van der Waals surface area contributed by atoms with Gasteiger partial charge in [0.15, 0.2) is 0 Å². The second-order valence-electron chi connectivity index (χ2n) is 4.40. The minimum absolute atomic E-state index is 0.326. The van der Waals surface area contributed by atoms with Gasteiger partial charge in [0.2, 0.25) is 0 Å². The van der Waals surface area contributed by atoms with Crippen LogP contribution in [0, 0.1) is 6.92 Å². The van der Waals surface area contributed by atoms with Crippen LogP contribution < -0.4 is 4.90 Å². The molecule has 19 heavy (non-hydrogen) atoms. The maximum absolute atomic E-state index is 12.3. The Labute approximate surface area is 115 Å². The lowest BCUT2D eigenvalue weighted by Crippen LogP contribution is -2.29. The van der Waals surface area contributed by atoms with Crippen LogP contribution in [0.15, 0.2) is 42.5 Å². The Morgan fingerprint density at radius 2 is 1.47 bits per heavy atom. The zero-order valence-electron chi connectivity index (χ0n) is 10.2. The molecule has 3 nitrogen and oxygen atoms in total. The molecule has 0 saturated carbocycles. The van der Waals surface area contributed by atoms with Crippen molar-refractivity contribution in [3.8, 4) is 0 Å². The van der Waals surface area contributed by atoms with Crippen molar-refractivity contribution < 1.29 is 9.59 Å². The zero-order valence-corrected chi connectivity index (χ0v) is 10.9. The highest BCUT2D eigenvalue weighted by Crippen LogP contribution is 2.34. The summed E-state index contributed by atoms with van der Waals surface area (Å²) >= 11 is 6.20. The number of benzene rings is 2. The van der Waals surface area contributed by atoms with Crippen molar-refractivity contribution in [3.05, 3.63) is 64.2 Å². The molecule has 2 amide bonds. The van der Waals surface area contributed by atoms with Crippen LogP contribution in [-0.4, -0.2) is 11.8 Å². The number of carbonyl (C=O) groups excluding carboxylic acids is 2. The fourth-order valence-corrected chi connectivity index (χ4v) is 2.42. The highest BCUT2D eigenvalue weighted by molar-refractivity contribution is 6.40. The molecule has 4 heteroatoms. The molecule has 0 N–H and O–H groups in total. The summed E-state index contributed by atoms with van der Waals surface area (Å²) in [6, 6.07) is 12.1.